The van der Waals surface area contributed by atoms with E-state index in [9.17, 15) is 12.8 Å². The maximum absolute atomic E-state index is 13.6. The van der Waals surface area contributed by atoms with E-state index in [1.807, 2.05) is 24.3 Å². The maximum atomic E-state index is 13.6. The molecule has 1 fully saturated rings. The molecular formula is C27H26ClFN2O2S. The Morgan fingerprint density at radius 3 is 2.38 bits per heavy atom. The van der Waals surface area contributed by atoms with Gasteiger partial charge in [-0.2, -0.15) is 4.31 Å². The SMILES string of the molecule is Cc1c(C2CCN(S(=O)(=O)c3cccc(F)c3)CC2)c2ccccc2n1Cc1ccc(Cl)cc1. The first kappa shape index (κ1) is 23.1. The smallest absolute Gasteiger partial charge is 0.243 e. The largest absolute Gasteiger partial charge is 0.340 e. The summed E-state index contributed by atoms with van der Waals surface area (Å²) in [7, 11) is -3.70. The summed E-state index contributed by atoms with van der Waals surface area (Å²) in [5.74, 6) is -0.282. The quantitative estimate of drug-likeness (QED) is 0.322. The van der Waals surface area contributed by atoms with Gasteiger partial charge in [-0.15, -0.1) is 0 Å². The van der Waals surface area contributed by atoms with Crippen LogP contribution >= 0.6 is 11.6 Å². The Labute approximate surface area is 204 Å². The van der Waals surface area contributed by atoms with Crippen molar-refractivity contribution in [3.05, 3.63) is 100 Å². The summed E-state index contributed by atoms with van der Waals surface area (Å²) >= 11 is 6.07. The predicted molar refractivity (Wildman–Crippen MR) is 134 cm³/mol. The number of hydrogen-bond acceptors (Lipinski definition) is 2. The fourth-order valence-electron chi connectivity index (χ4n) is 5.11. The summed E-state index contributed by atoms with van der Waals surface area (Å²) in [4.78, 5) is 0.0155. The molecular weight excluding hydrogens is 471 g/mol. The molecule has 0 saturated carbocycles. The van der Waals surface area contributed by atoms with E-state index in [4.69, 9.17) is 11.6 Å². The fourth-order valence-corrected chi connectivity index (χ4v) is 6.74. The molecule has 4 nitrogen and oxygen atoms in total. The van der Waals surface area contributed by atoms with Gasteiger partial charge >= 0.3 is 0 Å². The Morgan fingerprint density at radius 1 is 0.971 bits per heavy atom. The molecule has 0 bridgehead atoms. The second kappa shape index (κ2) is 9.17. The highest BCUT2D eigenvalue weighted by atomic mass is 35.5. The molecule has 1 aliphatic rings. The highest BCUT2D eigenvalue weighted by molar-refractivity contribution is 7.89. The molecule has 0 radical (unpaired) electrons. The normalized spacial score (nSPS) is 15.7. The molecule has 0 atom stereocenters. The van der Waals surface area contributed by atoms with E-state index < -0.39 is 15.8 Å². The molecule has 1 aliphatic heterocycles. The van der Waals surface area contributed by atoms with Gasteiger partial charge in [0, 0.05) is 41.3 Å². The highest BCUT2D eigenvalue weighted by Gasteiger charge is 2.32. The van der Waals surface area contributed by atoms with Crippen LogP contribution in [0.15, 0.2) is 77.7 Å². The molecule has 0 N–H and O–H groups in total. The zero-order chi connectivity index (χ0) is 23.9. The molecule has 0 aliphatic carbocycles. The van der Waals surface area contributed by atoms with Crippen LogP contribution in [0, 0.1) is 12.7 Å². The molecule has 2 heterocycles. The van der Waals surface area contributed by atoms with Crippen LogP contribution in [0.1, 0.15) is 35.6 Å². The summed E-state index contributed by atoms with van der Waals surface area (Å²) in [6.45, 7) is 3.73. The lowest BCUT2D eigenvalue weighted by Gasteiger charge is -2.31. The van der Waals surface area contributed by atoms with Crippen molar-refractivity contribution in [1.29, 1.82) is 0 Å². The van der Waals surface area contributed by atoms with E-state index >= 15 is 0 Å². The van der Waals surface area contributed by atoms with Crippen molar-refractivity contribution in [2.45, 2.75) is 37.1 Å². The number of benzene rings is 3. The number of hydrogen-bond donors (Lipinski definition) is 0. The van der Waals surface area contributed by atoms with Crippen molar-refractivity contribution in [3.8, 4) is 0 Å². The summed E-state index contributed by atoms with van der Waals surface area (Å²) in [5.41, 5.74) is 4.87. The molecule has 176 valence electrons. The number of piperidine rings is 1. The third-order valence-corrected chi connectivity index (χ3v) is 8.98. The topological polar surface area (TPSA) is 42.3 Å². The Hall–Kier alpha value is -2.67. The lowest BCUT2D eigenvalue weighted by atomic mass is 9.88. The van der Waals surface area contributed by atoms with Crippen LogP contribution in [0.3, 0.4) is 0 Å². The van der Waals surface area contributed by atoms with Gasteiger partial charge in [0.25, 0.3) is 0 Å². The third-order valence-electron chi connectivity index (χ3n) is 6.83. The maximum Gasteiger partial charge on any atom is 0.243 e. The highest BCUT2D eigenvalue weighted by Crippen LogP contribution is 2.38. The molecule has 4 aromatic rings. The van der Waals surface area contributed by atoms with Crippen LogP contribution in [0.25, 0.3) is 10.9 Å². The predicted octanol–water partition coefficient (Wildman–Crippen LogP) is 6.36. The molecule has 0 amide bonds. The van der Waals surface area contributed by atoms with E-state index in [1.54, 1.807) is 0 Å². The van der Waals surface area contributed by atoms with Crippen LogP contribution in [0.4, 0.5) is 4.39 Å². The van der Waals surface area contributed by atoms with E-state index in [-0.39, 0.29) is 10.8 Å². The number of rotatable bonds is 5. The number of sulfonamides is 1. The van der Waals surface area contributed by atoms with Crippen molar-refractivity contribution < 1.29 is 12.8 Å². The van der Waals surface area contributed by atoms with Gasteiger partial charge < -0.3 is 4.57 Å². The molecule has 1 aromatic heterocycles. The van der Waals surface area contributed by atoms with E-state index in [0.29, 0.717) is 13.1 Å². The zero-order valence-electron chi connectivity index (χ0n) is 18.9. The van der Waals surface area contributed by atoms with Crippen LogP contribution in [-0.4, -0.2) is 30.4 Å². The van der Waals surface area contributed by atoms with Gasteiger partial charge in [-0.3, -0.25) is 0 Å². The Morgan fingerprint density at radius 2 is 1.68 bits per heavy atom. The number of aromatic nitrogens is 1. The number of nitrogens with zero attached hydrogens (tertiary/aromatic N) is 2. The summed E-state index contributed by atoms with van der Waals surface area (Å²) in [6, 6.07) is 21.6. The van der Waals surface area contributed by atoms with Gasteiger partial charge in [0.15, 0.2) is 0 Å². The second-order valence-electron chi connectivity index (χ2n) is 8.86. The van der Waals surface area contributed by atoms with Crippen LogP contribution in [-0.2, 0) is 16.6 Å². The van der Waals surface area contributed by atoms with Crippen LogP contribution in [0.2, 0.25) is 5.02 Å². The summed E-state index contributed by atoms with van der Waals surface area (Å²) < 4.78 is 43.5. The van der Waals surface area contributed by atoms with Gasteiger partial charge in [0.05, 0.1) is 4.90 Å². The summed E-state index contributed by atoms with van der Waals surface area (Å²) in [5, 5.41) is 1.94. The monoisotopic (exact) mass is 496 g/mol. The number of fused-ring (bicyclic) bond motifs is 1. The van der Waals surface area contributed by atoms with E-state index in [0.717, 1.165) is 30.5 Å². The Kier molecular flexibility index (Phi) is 6.23. The van der Waals surface area contributed by atoms with Gasteiger partial charge in [-0.05, 0) is 73.2 Å². The average Bonchev–Trinajstić information content (AvgIpc) is 3.12. The first-order chi connectivity index (χ1) is 16.3. The van der Waals surface area contributed by atoms with Crippen molar-refractivity contribution in [1.82, 2.24) is 8.87 Å². The van der Waals surface area contributed by atoms with Crippen LogP contribution in [0.5, 0.6) is 0 Å². The molecule has 3 aromatic carbocycles. The molecule has 7 heteroatoms. The van der Waals surface area contributed by atoms with E-state index in [1.165, 1.54) is 50.2 Å². The number of halogens is 2. The summed E-state index contributed by atoms with van der Waals surface area (Å²) in [6.07, 6.45) is 1.45. The lowest BCUT2D eigenvalue weighted by molar-refractivity contribution is 0.319. The third kappa shape index (κ3) is 4.26. The molecule has 34 heavy (non-hydrogen) atoms. The Bertz CT molecular complexity index is 1440. The van der Waals surface area contributed by atoms with Gasteiger partial charge in [0.2, 0.25) is 10.0 Å². The second-order valence-corrected chi connectivity index (χ2v) is 11.2. The first-order valence-electron chi connectivity index (χ1n) is 11.4. The van der Waals surface area contributed by atoms with Crippen LogP contribution < -0.4 is 0 Å². The molecule has 0 unspecified atom stereocenters. The number of para-hydroxylation sites is 1. The molecule has 1 saturated heterocycles. The standard InChI is InChI=1S/C27H26ClFN2O2S/c1-19-27(21-13-15-30(16-14-21)34(32,33)24-6-4-5-23(29)17-24)25-7-2-3-8-26(25)31(19)18-20-9-11-22(28)12-10-20/h2-12,17,21H,13-16,18H2,1H3. The van der Waals surface area contributed by atoms with Crippen molar-refractivity contribution >= 4 is 32.5 Å². The van der Waals surface area contributed by atoms with Crippen molar-refractivity contribution in [3.63, 3.8) is 0 Å². The van der Waals surface area contributed by atoms with Crippen molar-refractivity contribution in [2.75, 3.05) is 13.1 Å². The lowest BCUT2D eigenvalue weighted by Crippen LogP contribution is -2.38. The molecule has 0 spiro atoms. The minimum atomic E-state index is -3.70. The fraction of sp³-hybridized carbons (Fsp3) is 0.259. The molecule has 5 rings (SSSR count). The van der Waals surface area contributed by atoms with Gasteiger partial charge in [-0.1, -0.05) is 48.0 Å². The van der Waals surface area contributed by atoms with E-state index in [2.05, 4.69) is 35.8 Å². The average molecular weight is 497 g/mol. The minimum Gasteiger partial charge on any atom is -0.340 e. The van der Waals surface area contributed by atoms with Gasteiger partial charge in [0.1, 0.15) is 5.82 Å². The minimum absolute atomic E-state index is 0.0155. The van der Waals surface area contributed by atoms with Gasteiger partial charge in [-0.25, -0.2) is 12.8 Å². The first-order valence-corrected chi connectivity index (χ1v) is 13.2. The zero-order valence-corrected chi connectivity index (χ0v) is 20.5. The van der Waals surface area contributed by atoms with Crippen molar-refractivity contribution in [2.24, 2.45) is 0 Å². The Balaban J connectivity index is 1.42.